The van der Waals surface area contributed by atoms with Gasteiger partial charge in [-0.2, -0.15) is 0 Å². The third kappa shape index (κ3) is 10.4. The summed E-state index contributed by atoms with van der Waals surface area (Å²) < 4.78 is 22.7. The zero-order chi connectivity index (χ0) is 16.8. The molecule has 6 heteroatoms. The number of esters is 2. The van der Waals surface area contributed by atoms with E-state index in [0.29, 0.717) is 31.3 Å². The Labute approximate surface area is 133 Å². The number of unbranched alkanes of at least 4 members (excludes halogenated alkanes) is 1. The van der Waals surface area contributed by atoms with Crippen LogP contribution in [0.2, 0.25) is 0 Å². The number of ether oxygens (including phenoxy) is 2. The molecule has 0 saturated heterocycles. The van der Waals surface area contributed by atoms with Crippen LogP contribution in [-0.4, -0.2) is 43.6 Å². The molecule has 5 nitrogen and oxygen atoms in total. The number of rotatable bonds is 13. The zero-order valence-electron chi connectivity index (χ0n) is 13.4. The molecule has 0 fully saturated rings. The first-order valence-electron chi connectivity index (χ1n) is 7.63. The fourth-order valence-electron chi connectivity index (χ4n) is 1.95. The second-order valence-corrected chi connectivity index (χ2v) is 8.49. The van der Waals surface area contributed by atoms with Crippen molar-refractivity contribution >= 4 is 19.1 Å². The molecule has 0 bridgehead atoms. The summed E-state index contributed by atoms with van der Waals surface area (Å²) >= 11 is 0. The molecule has 0 atom stereocenters. The van der Waals surface area contributed by atoms with Crippen LogP contribution in [0.4, 0.5) is 0 Å². The smallest absolute Gasteiger partial charge is 0.330 e. The minimum Gasteiger partial charge on any atom is -0.463 e. The van der Waals surface area contributed by atoms with Crippen LogP contribution < -0.4 is 0 Å². The van der Waals surface area contributed by atoms with Crippen LogP contribution in [0.5, 0.6) is 0 Å². The van der Waals surface area contributed by atoms with Gasteiger partial charge in [0.05, 0.1) is 20.4 Å². The van der Waals surface area contributed by atoms with E-state index in [-0.39, 0.29) is 13.2 Å². The van der Waals surface area contributed by atoms with Gasteiger partial charge in [-0.05, 0) is 19.3 Å². The van der Waals surface area contributed by atoms with E-state index in [2.05, 4.69) is 20.1 Å². The Morgan fingerprint density at radius 3 is 1.68 bits per heavy atom. The Morgan fingerprint density at radius 2 is 1.32 bits per heavy atom. The van der Waals surface area contributed by atoms with Gasteiger partial charge in [0, 0.05) is 30.6 Å². The van der Waals surface area contributed by atoms with Crippen LogP contribution in [0.25, 0.3) is 0 Å². The minimum atomic E-state index is -2.31. The molecule has 0 radical (unpaired) electrons. The van der Waals surface area contributed by atoms with Crippen molar-refractivity contribution in [3.05, 3.63) is 25.3 Å². The van der Waals surface area contributed by atoms with E-state index >= 15 is 0 Å². The van der Waals surface area contributed by atoms with Gasteiger partial charge in [0.1, 0.15) is 0 Å². The number of hydrogen-bond acceptors (Lipinski definition) is 5. The molecule has 0 saturated carbocycles. The fourth-order valence-corrected chi connectivity index (χ4v) is 4.92. The van der Waals surface area contributed by atoms with E-state index in [1.165, 1.54) is 0 Å². The number of hydrogen-bond donors (Lipinski definition) is 0. The molecule has 0 aliphatic rings. The van der Waals surface area contributed by atoms with Gasteiger partial charge in [-0.25, -0.2) is 9.59 Å². The lowest BCUT2D eigenvalue weighted by Crippen LogP contribution is -2.09. The first kappa shape index (κ1) is 20.6. The summed E-state index contributed by atoms with van der Waals surface area (Å²) in [6.45, 7) is 9.21. The van der Waals surface area contributed by atoms with Crippen molar-refractivity contribution in [1.29, 1.82) is 0 Å². The molecule has 0 amide bonds. The Hall–Kier alpha value is -1.35. The van der Waals surface area contributed by atoms with Crippen molar-refractivity contribution in [3.8, 4) is 0 Å². The maximum atomic E-state index is 12.9. The lowest BCUT2D eigenvalue weighted by atomic mass is 10.4. The quantitative estimate of drug-likeness (QED) is 0.224. The summed E-state index contributed by atoms with van der Waals surface area (Å²) in [5.41, 5.74) is 0. The van der Waals surface area contributed by atoms with Crippen molar-refractivity contribution in [3.63, 3.8) is 0 Å². The molecule has 0 aliphatic heterocycles. The van der Waals surface area contributed by atoms with Gasteiger partial charge >= 0.3 is 11.9 Å². The SMILES string of the molecule is C=CC(=O)OCCCP(=O)(CCCC)CCCOC(=O)C=C. The van der Waals surface area contributed by atoms with Gasteiger partial charge in [-0.1, -0.05) is 26.5 Å². The van der Waals surface area contributed by atoms with E-state index in [0.717, 1.165) is 25.0 Å². The Bertz CT molecular complexity index is 385. The highest BCUT2D eigenvalue weighted by Crippen LogP contribution is 2.47. The Balaban J connectivity index is 4.18. The largest absolute Gasteiger partial charge is 0.463 e. The van der Waals surface area contributed by atoms with E-state index in [1.54, 1.807) is 0 Å². The van der Waals surface area contributed by atoms with Crippen molar-refractivity contribution in [1.82, 2.24) is 0 Å². The molecule has 0 aliphatic carbocycles. The molecule has 0 rings (SSSR count). The van der Waals surface area contributed by atoms with Crippen molar-refractivity contribution < 1.29 is 23.6 Å². The first-order valence-corrected chi connectivity index (χ1v) is 9.89. The molecule has 0 spiro atoms. The maximum Gasteiger partial charge on any atom is 0.330 e. The van der Waals surface area contributed by atoms with Crippen LogP contribution in [0.1, 0.15) is 32.6 Å². The predicted octanol–water partition coefficient (Wildman–Crippen LogP) is 3.39. The molecule has 126 valence electrons. The standard InChI is InChI=1S/C16H27O5P/c1-4-7-12-22(19,13-8-10-20-15(17)5-2)14-9-11-21-16(18)6-3/h5-6H,2-4,7-14H2,1H3. The van der Waals surface area contributed by atoms with Crippen molar-refractivity contribution in [2.45, 2.75) is 32.6 Å². The first-order chi connectivity index (χ1) is 10.5. The van der Waals surface area contributed by atoms with Crippen LogP contribution in [0.15, 0.2) is 25.3 Å². The monoisotopic (exact) mass is 330 g/mol. The van der Waals surface area contributed by atoms with Gasteiger partial charge in [0.15, 0.2) is 0 Å². The van der Waals surface area contributed by atoms with E-state index < -0.39 is 19.1 Å². The van der Waals surface area contributed by atoms with Crippen LogP contribution in [0.3, 0.4) is 0 Å². The maximum absolute atomic E-state index is 12.9. The van der Waals surface area contributed by atoms with Crippen LogP contribution in [-0.2, 0) is 23.6 Å². The second kappa shape index (κ2) is 12.2. The molecule has 0 aromatic rings. The highest BCUT2D eigenvalue weighted by molar-refractivity contribution is 7.63. The van der Waals surface area contributed by atoms with Gasteiger partial charge in [0.2, 0.25) is 0 Å². The Morgan fingerprint density at radius 1 is 0.909 bits per heavy atom. The summed E-state index contributed by atoms with van der Waals surface area (Å²) in [5, 5.41) is 0. The van der Waals surface area contributed by atoms with Gasteiger partial charge in [-0.3, -0.25) is 0 Å². The Kier molecular flexibility index (Phi) is 11.5. The lowest BCUT2D eigenvalue weighted by molar-refractivity contribution is -0.138. The van der Waals surface area contributed by atoms with Crippen molar-refractivity contribution in [2.24, 2.45) is 0 Å². The highest BCUT2D eigenvalue weighted by Gasteiger charge is 2.21. The summed E-state index contributed by atoms with van der Waals surface area (Å²) in [5.74, 6) is -0.917. The van der Waals surface area contributed by atoms with Gasteiger partial charge < -0.3 is 14.0 Å². The molecule has 0 unspecified atom stereocenters. The second-order valence-electron chi connectivity index (χ2n) is 5.03. The fraction of sp³-hybridized carbons (Fsp3) is 0.625. The van der Waals surface area contributed by atoms with Crippen LogP contribution in [0, 0.1) is 0 Å². The number of carbonyl (C=O) groups excluding carboxylic acids is 2. The minimum absolute atomic E-state index is 0.256. The number of carbonyl (C=O) groups is 2. The molecule has 0 heterocycles. The molecule has 0 aromatic heterocycles. The lowest BCUT2D eigenvalue weighted by Gasteiger charge is -2.18. The average Bonchev–Trinajstić information content (AvgIpc) is 2.53. The highest BCUT2D eigenvalue weighted by atomic mass is 31.2. The normalized spacial score (nSPS) is 10.8. The average molecular weight is 330 g/mol. The topological polar surface area (TPSA) is 69.7 Å². The summed E-state index contributed by atoms with van der Waals surface area (Å²) in [7, 11) is -2.31. The van der Waals surface area contributed by atoms with E-state index in [4.69, 9.17) is 9.47 Å². The predicted molar refractivity (Wildman–Crippen MR) is 88.7 cm³/mol. The summed E-state index contributed by atoms with van der Waals surface area (Å²) in [6.07, 6.45) is 7.07. The molecule has 0 N–H and O–H groups in total. The van der Waals surface area contributed by atoms with Crippen molar-refractivity contribution in [2.75, 3.05) is 31.7 Å². The molecule has 22 heavy (non-hydrogen) atoms. The zero-order valence-corrected chi connectivity index (χ0v) is 14.3. The third-order valence-corrected chi connectivity index (χ3v) is 6.55. The molecule has 0 aromatic carbocycles. The third-order valence-electron chi connectivity index (χ3n) is 3.16. The summed E-state index contributed by atoms with van der Waals surface area (Å²) in [6, 6.07) is 0. The molecular weight excluding hydrogens is 303 g/mol. The summed E-state index contributed by atoms with van der Waals surface area (Å²) in [4.78, 5) is 21.9. The molecular formula is C16H27O5P. The van der Waals surface area contributed by atoms with E-state index in [1.807, 2.05) is 0 Å². The van der Waals surface area contributed by atoms with Crippen LogP contribution >= 0.6 is 7.14 Å². The van der Waals surface area contributed by atoms with Gasteiger partial charge in [-0.15, -0.1) is 0 Å². The van der Waals surface area contributed by atoms with E-state index in [9.17, 15) is 14.2 Å². The van der Waals surface area contributed by atoms with Gasteiger partial charge in [0.25, 0.3) is 0 Å².